The molecule has 0 aliphatic carbocycles. The molecule has 2 atom stereocenters. The van der Waals surface area contributed by atoms with Crippen molar-refractivity contribution in [3.63, 3.8) is 0 Å². The fourth-order valence-electron chi connectivity index (χ4n) is 0.820. The molecule has 5 heteroatoms. The maximum absolute atomic E-state index is 12.8. The first-order valence-electron chi connectivity index (χ1n) is 4.60. The van der Waals surface area contributed by atoms with Crippen LogP contribution in [0.15, 0.2) is 0 Å². The lowest BCUT2D eigenvalue weighted by Crippen LogP contribution is -2.47. The van der Waals surface area contributed by atoms with Gasteiger partial charge >= 0.3 is 6.09 Å². The quantitative estimate of drug-likeness (QED) is 0.729. The van der Waals surface area contributed by atoms with Crippen LogP contribution in [0.1, 0.15) is 27.7 Å². The van der Waals surface area contributed by atoms with Gasteiger partial charge in [-0.15, -0.1) is 0 Å². The smallest absolute Gasteiger partial charge is 0.408 e. The van der Waals surface area contributed by atoms with Gasteiger partial charge in [0.1, 0.15) is 11.8 Å². The Kier molecular flexibility index (Phi) is 4.83. The monoisotopic (exact) mass is 206 g/mol. The molecule has 4 nitrogen and oxygen atoms in total. The largest absolute Gasteiger partial charge is 0.444 e. The van der Waals surface area contributed by atoms with Gasteiger partial charge in [0.15, 0.2) is 0 Å². The van der Waals surface area contributed by atoms with E-state index in [1.165, 1.54) is 6.92 Å². The zero-order valence-corrected chi connectivity index (χ0v) is 9.13. The number of hydrogen-bond acceptors (Lipinski definition) is 3. The van der Waals surface area contributed by atoms with Gasteiger partial charge in [-0.25, -0.2) is 9.18 Å². The molecule has 0 saturated heterocycles. The first-order chi connectivity index (χ1) is 6.26. The van der Waals surface area contributed by atoms with E-state index in [0.717, 1.165) is 0 Å². The molecule has 0 aliphatic heterocycles. The normalized spacial score (nSPS) is 15.9. The molecule has 3 N–H and O–H groups in total. The van der Waals surface area contributed by atoms with Gasteiger partial charge in [-0.2, -0.15) is 0 Å². The lowest BCUT2D eigenvalue weighted by atomic mass is 10.2. The summed E-state index contributed by atoms with van der Waals surface area (Å²) in [6.45, 7) is 6.61. The molecule has 0 aromatic heterocycles. The lowest BCUT2D eigenvalue weighted by molar-refractivity contribution is 0.0481. The van der Waals surface area contributed by atoms with Gasteiger partial charge in [-0.05, 0) is 27.7 Å². The minimum atomic E-state index is -1.19. The Labute approximate surface area is 84.0 Å². The van der Waals surface area contributed by atoms with Crippen molar-refractivity contribution in [3.05, 3.63) is 0 Å². The van der Waals surface area contributed by atoms with Crippen molar-refractivity contribution >= 4 is 6.09 Å². The average Bonchev–Trinajstić information content (AvgIpc) is 1.96. The van der Waals surface area contributed by atoms with Crippen LogP contribution in [0.3, 0.4) is 0 Å². The summed E-state index contributed by atoms with van der Waals surface area (Å²) in [4.78, 5) is 11.2. The molecule has 84 valence electrons. The van der Waals surface area contributed by atoms with E-state index in [4.69, 9.17) is 10.5 Å². The summed E-state index contributed by atoms with van der Waals surface area (Å²) < 4.78 is 17.8. The molecule has 0 saturated carbocycles. The maximum atomic E-state index is 12.8. The Morgan fingerprint density at radius 3 is 2.36 bits per heavy atom. The second-order valence-electron chi connectivity index (χ2n) is 4.17. The highest BCUT2D eigenvalue weighted by molar-refractivity contribution is 5.68. The van der Waals surface area contributed by atoms with E-state index in [-0.39, 0.29) is 6.54 Å². The van der Waals surface area contributed by atoms with Crippen LogP contribution in [-0.2, 0) is 4.74 Å². The zero-order valence-electron chi connectivity index (χ0n) is 9.13. The number of nitrogens with one attached hydrogen (secondary N) is 1. The highest BCUT2D eigenvalue weighted by Gasteiger charge is 2.21. The molecule has 0 radical (unpaired) electrons. The lowest BCUT2D eigenvalue weighted by Gasteiger charge is -2.23. The van der Waals surface area contributed by atoms with Gasteiger partial charge < -0.3 is 15.8 Å². The first kappa shape index (κ1) is 13.2. The van der Waals surface area contributed by atoms with E-state index < -0.39 is 23.9 Å². The number of carbonyl (C=O) groups excluding carboxylic acids is 1. The fraction of sp³-hybridized carbons (Fsp3) is 0.889. The molecule has 0 aromatic carbocycles. The highest BCUT2D eigenvalue weighted by Crippen LogP contribution is 2.07. The molecule has 0 aliphatic rings. The number of rotatable bonds is 3. The Morgan fingerprint density at radius 2 is 2.07 bits per heavy atom. The standard InChI is InChI=1S/C9H19FN2O2/c1-6(10)7(5-11)12-8(13)14-9(2,3)4/h6-7H,5,11H2,1-4H3,(H,12,13). The molecule has 0 aromatic rings. The number of halogens is 1. The van der Waals surface area contributed by atoms with Crippen molar-refractivity contribution in [1.82, 2.24) is 5.32 Å². The van der Waals surface area contributed by atoms with Gasteiger partial charge in [0.25, 0.3) is 0 Å². The van der Waals surface area contributed by atoms with E-state index in [2.05, 4.69) is 5.32 Å². The van der Waals surface area contributed by atoms with Crippen LogP contribution in [0.5, 0.6) is 0 Å². The molecule has 1 amide bonds. The second kappa shape index (κ2) is 5.14. The van der Waals surface area contributed by atoms with Crippen LogP contribution in [0, 0.1) is 0 Å². The highest BCUT2D eigenvalue weighted by atomic mass is 19.1. The zero-order chi connectivity index (χ0) is 11.4. The number of alkyl carbamates (subject to hydrolysis) is 1. The predicted octanol–water partition coefficient (Wildman–Crippen LogP) is 1.20. The third-order valence-corrected chi connectivity index (χ3v) is 1.51. The SMILES string of the molecule is CC(F)C(CN)NC(=O)OC(C)(C)C. The van der Waals surface area contributed by atoms with Crippen LogP contribution in [0.4, 0.5) is 9.18 Å². The van der Waals surface area contributed by atoms with Crippen LogP contribution in [0.25, 0.3) is 0 Å². The van der Waals surface area contributed by atoms with Crippen LogP contribution in [-0.4, -0.2) is 30.5 Å². The van der Waals surface area contributed by atoms with E-state index in [1.807, 2.05) is 0 Å². The van der Waals surface area contributed by atoms with Crippen molar-refractivity contribution in [2.75, 3.05) is 6.54 Å². The van der Waals surface area contributed by atoms with Gasteiger partial charge in [0.2, 0.25) is 0 Å². The summed E-state index contributed by atoms with van der Waals surface area (Å²) in [7, 11) is 0. The molecule has 0 rings (SSSR count). The van der Waals surface area contributed by atoms with Gasteiger partial charge in [-0.1, -0.05) is 0 Å². The maximum Gasteiger partial charge on any atom is 0.408 e. The topological polar surface area (TPSA) is 64.3 Å². The summed E-state index contributed by atoms with van der Waals surface area (Å²) in [5.74, 6) is 0. The Morgan fingerprint density at radius 1 is 1.57 bits per heavy atom. The molecule has 0 fully saturated rings. The third-order valence-electron chi connectivity index (χ3n) is 1.51. The molecular weight excluding hydrogens is 187 g/mol. The molecule has 0 bridgehead atoms. The van der Waals surface area contributed by atoms with Crippen molar-refractivity contribution in [1.29, 1.82) is 0 Å². The molecule has 0 spiro atoms. The van der Waals surface area contributed by atoms with Crippen molar-refractivity contribution < 1.29 is 13.9 Å². The Balaban J connectivity index is 4.04. The number of hydrogen-bond donors (Lipinski definition) is 2. The molecule has 2 unspecified atom stereocenters. The van der Waals surface area contributed by atoms with Crippen molar-refractivity contribution in [3.8, 4) is 0 Å². The van der Waals surface area contributed by atoms with Crippen LogP contribution >= 0.6 is 0 Å². The summed E-state index contributed by atoms with van der Waals surface area (Å²) in [5.41, 5.74) is 4.69. The second-order valence-corrected chi connectivity index (χ2v) is 4.17. The molecule has 14 heavy (non-hydrogen) atoms. The van der Waals surface area contributed by atoms with E-state index >= 15 is 0 Å². The Hall–Kier alpha value is -0.840. The predicted molar refractivity (Wildman–Crippen MR) is 52.8 cm³/mol. The van der Waals surface area contributed by atoms with E-state index in [9.17, 15) is 9.18 Å². The third kappa shape index (κ3) is 5.75. The number of ether oxygens (including phenoxy) is 1. The minimum absolute atomic E-state index is 0.0525. The van der Waals surface area contributed by atoms with Crippen molar-refractivity contribution in [2.24, 2.45) is 5.73 Å². The number of alkyl halides is 1. The summed E-state index contributed by atoms with van der Waals surface area (Å²) in [5, 5.41) is 2.36. The van der Waals surface area contributed by atoms with Crippen LogP contribution in [0.2, 0.25) is 0 Å². The number of carbonyl (C=O) groups is 1. The summed E-state index contributed by atoms with van der Waals surface area (Å²) >= 11 is 0. The van der Waals surface area contributed by atoms with Gasteiger partial charge in [-0.3, -0.25) is 0 Å². The molecule has 0 heterocycles. The molecular formula is C9H19FN2O2. The van der Waals surface area contributed by atoms with Crippen molar-refractivity contribution in [2.45, 2.75) is 45.5 Å². The van der Waals surface area contributed by atoms with Gasteiger partial charge in [0, 0.05) is 6.54 Å². The van der Waals surface area contributed by atoms with Gasteiger partial charge in [0.05, 0.1) is 6.04 Å². The number of amides is 1. The van der Waals surface area contributed by atoms with E-state index in [0.29, 0.717) is 0 Å². The van der Waals surface area contributed by atoms with E-state index in [1.54, 1.807) is 20.8 Å². The average molecular weight is 206 g/mol. The minimum Gasteiger partial charge on any atom is -0.444 e. The summed E-state index contributed by atoms with van der Waals surface area (Å²) in [6.07, 6.45) is -1.83. The fourth-order valence-corrected chi connectivity index (χ4v) is 0.820. The number of nitrogens with two attached hydrogens (primary N) is 1. The first-order valence-corrected chi connectivity index (χ1v) is 4.60. The summed E-state index contributed by atoms with van der Waals surface area (Å²) in [6, 6.07) is -0.690. The van der Waals surface area contributed by atoms with Crippen LogP contribution < -0.4 is 11.1 Å². The Bertz CT molecular complexity index is 190.